The molecule has 1 heterocycles. The highest BCUT2D eigenvalue weighted by atomic mass is 16.7. The van der Waals surface area contributed by atoms with Gasteiger partial charge in [-0.3, -0.25) is 4.79 Å². The van der Waals surface area contributed by atoms with Gasteiger partial charge in [0.15, 0.2) is 6.29 Å². The molecule has 514 valence electrons. The van der Waals surface area contributed by atoms with Crippen molar-refractivity contribution in [2.24, 2.45) is 0 Å². The fraction of sp³-hybridized carbons (Fsp3) is 0.910. The van der Waals surface area contributed by atoms with E-state index in [0.29, 0.717) is 6.42 Å². The second-order valence-corrected chi connectivity index (χ2v) is 27.1. The molecule has 1 saturated heterocycles. The van der Waals surface area contributed by atoms with Gasteiger partial charge in [0, 0.05) is 6.42 Å². The highest BCUT2D eigenvalue weighted by molar-refractivity contribution is 5.76. The Labute approximate surface area is 540 Å². The molecule has 0 spiro atoms. The summed E-state index contributed by atoms with van der Waals surface area (Å²) in [7, 11) is 0. The first-order valence-electron chi connectivity index (χ1n) is 38.7. The molecule has 0 aliphatic carbocycles. The van der Waals surface area contributed by atoms with Crippen LogP contribution in [0.1, 0.15) is 399 Å². The highest BCUT2D eigenvalue weighted by Gasteiger charge is 2.44. The van der Waals surface area contributed by atoms with Gasteiger partial charge >= 0.3 is 0 Å². The predicted molar refractivity (Wildman–Crippen MR) is 373 cm³/mol. The summed E-state index contributed by atoms with van der Waals surface area (Å²) in [6, 6.07) is -0.829. The molecule has 0 radical (unpaired) electrons. The maximum Gasteiger partial charge on any atom is 0.220 e. The van der Waals surface area contributed by atoms with Crippen molar-refractivity contribution in [2.75, 3.05) is 13.2 Å². The first-order chi connectivity index (χ1) is 42.8. The number of aliphatic hydroxyl groups excluding tert-OH is 5. The van der Waals surface area contributed by atoms with E-state index in [-0.39, 0.29) is 12.5 Å². The molecule has 0 bridgehead atoms. The molecule has 1 fully saturated rings. The van der Waals surface area contributed by atoms with Crippen molar-refractivity contribution in [3.63, 3.8) is 0 Å². The summed E-state index contributed by atoms with van der Waals surface area (Å²) in [5.74, 6) is -0.182. The fourth-order valence-corrected chi connectivity index (χ4v) is 12.7. The molecule has 6 N–H and O–H groups in total. The van der Waals surface area contributed by atoms with E-state index in [4.69, 9.17) is 9.47 Å². The molecule has 9 nitrogen and oxygen atoms in total. The monoisotopic (exact) mass is 1230 g/mol. The quantitative estimate of drug-likeness (QED) is 0.0261. The molecule has 0 saturated carbocycles. The minimum atomic E-state index is -1.58. The largest absolute Gasteiger partial charge is 0.394 e. The van der Waals surface area contributed by atoms with E-state index >= 15 is 0 Å². The van der Waals surface area contributed by atoms with Crippen molar-refractivity contribution in [2.45, 2.75) is 442 Å². The maximum absolute atomic E-state index is 13.1. The molecule has 0 aromatic rings. The number of amides is 1. The smallest absolute Gasteiger partial charge is 0.220 e. The van der Waals surface area contributed by atoms with E-state index in [0.717, 1.165) is 44.9 Å². The summed E-state index contributed by atoms with van der Waals surface area (Å²) in [5.41, 5.74) is 0. The number of carbonyl (C=O) groups is 1. The summed E-state index contributed by atoms with van der Waals surface area (Å²) >= 11 is 0. The van der Waals surface area contributed by atoms with Crippen LogP contribution in [0.25, 0.3) is 0 Å². The van der Waals surface area contributed by atoms with Gasteiger partial charge in [-0.15, -0.1) is 0 Å². The zero-order chi connectivity index (χ0) is 62.8. The summed E-state index contributed by atoms with van der Waals surface area (Å²) in [4.78, 5) is 13.1. The van der Waals surface area contributed by atoms with Crippen molar-refractivity contribution in [1.29, 1.82) is 0 Å². The third-order valence-corrected chi connectivity index (χ3v) is 18.7. The van der Waals surface area contributed by atoms with E-state index < -0.39 is 49.5 Å². The lowest BCUT2D eigenvalue weighted by molar-refractivity contribution is -0.302. The molecule has 9 heteroatoms. The molecule has 1 amide bonds. The van der Waals surface area contributed by atoms with Gasteiger partial charge in [0.25, 0.3) is 0 Å². The third-order valence-electron chi connectivity index (χ3n) is 18.7. The Morgan fingerprint density at radius 2 is 0.655 bits per heavy atom. The number of hydrogen-bond acceptors (Lipinski definition) is 8. The van der Waals surface area contributed by atoms with Gasteiger partial charge in [-0.05, 0) is 44.9 Å². The molecule has 1 aliphatic rings. The van der Waals surface area contributed by atoms with Crippen LogP contribution in [0.5, 0.6) is 0 Å². The second-order valence-electron chi connectivity index (χ2n) is 27.1. The molecule has 1 aliphatic heterocycles. The van der Waals surface area contributed by atoms with Gasteiger partial charge in [-0.1, -0.05) is 384 Å². The number of ether oxygens (including phenoxy) is 2. The van der Waals surface area contributed by atoms with Gasteiger partial charge in [0.1, 0.15) is 24.4 Å². The number of hydrogen-bond donors (Lipinski definition) is 6. The lowest BCUT2D eigenvalue weighted by Gasteiger charge is -2.40. The van der Waals surface area contributed by atoms with Crippen LogP contribution in [0.3, 0.4) is 0 Å². The molecular formula is C78H149NO8. The number of aliphatic hydroxyl groups is 5. The van der Waals surface area contributed by atoms with E-state index in [9.17, 15) is 30.3 Å². The Bertz CT molecular complexity index is 1470. The second kappa shape index (κ2) is 67.3. The van der Waals surface area contributed by atoms with E-state index in [1.54, 1.807) is 6.08 Å². The van der Waals surface area contributed by atoms with Crippen molar-refractivity contribution in [3.8, 4) is 0 Å². The van der Waals surface area contributed by atoms with Gasteiger partial charge in [-0.2, -0.15) is 0 Å². The highest BCUT2D eigenvalue weighted by Crippen LogP contribution is 2.24. The van der Waals surface area contributed by atoms with Crippen LogP contribution in [-0.2, 0) is 14.3 Å². The Kier molecular flexibility index (Phi) is 64.5. The Balaban J connectivity index is 2.11. The van der Waals surface area contributed by atoms with Crippen LogP contribution >= 0.6 is 0 Å². The van der Waals surface area contributed by atoms with E-state index in [1.165, 1.54) is 334 Å². The molecule has 7 unspecified atom stereocenters. The zero-order valence-corrected chi connectivity index (χ0v) is 57.8. The molecule has 7 atom stereocenters. The minimum absolute atomic E-state index is 0.182. The van der Waals surface area contributed by atoms with Gasteiger partial charge < -0.3 is 40.3 Å². The van der Waals surface area contributed by atoms with Crippen LogP contribution in [0.4, 0.5) is 0 Å². The Hall–Kier alpha value is -1.59. The normalized spacial score (nSPS) is 18.1. The topological polar surface area (TPSA) is 149 Å². The standard InChI is InChI=1S/C78H149NO8/c1-3-5-7-9-11-13-15-17-19-21-23-25-27-29-31-33-35-37-39-41-43-45-47-49-51-53-55-57-59-61-63-65-67-72(81)71(70-86-78-77(85)76(84)75(83)73(69-80)87-78)79-74(82)68-66-64-62-60-58-56-54-52-50-48-46-44-42-40-38-36-34-32-30-28-26-24-22-20-18-16-14-12-10-8-6-4-2/h49,51,57,59,65,67,71-73,75-78,80-81,83-85H,3-48,50,52-56,58,60-64,66,68-70H2,1-2H3,(H,79,82)/b51-49+,59-57+,67-65+. The van der Waals surface area contributed by atoms with Crippen molar-refractivity contribution < 1.29 is 39.8 Å². The third kappa shape index (κ3) is 55.7. The predicted octanol–water partition coefficient (Wildman–Crippen LogP) is 21.8. The van der Waals surface area contributed by atoms with Crippen molar-refractivity contribution >= 4 is 5.91 Å². The maximum atomic E-state index is 13.1. The van der Waals surface area contributed by atoms with Crippen LogP contribution < -0.4 is 5.32 Å². The summed E-state index contributed by atoms with van der Waals surface area (Å²) in [6.07, 6.45) is 84.4. The average Bonchev–Trinajstić information content (AvgIpc) is 3.41. The first-order valence-corrected chi connectivity index (χ1v) is 38.7. The minimum Gasteiger partial charge on any atom is -0.394 e. The molecular weight excluding hydrogens is 1080 g/mol. The first kappa shape index (κ1) is 83.4. The summed E-state index contributed by atoms with van der Waals surface area (Å²) < 4.78 is 11.3. The number of allylic oxidation sites excluding steroid dienone is 5. The molecule has 1 rings (SSSR count). The van der Waals surface area contributed by atoms with E-state index in [2.05, 4.69) is 43.5 Å². The summed E-state index contributed by atoms with van der Waals surface area (Å²) in [6.45, 7) is 3.83. The van der Waals surface area contributed by atoms with Gasteiger partial charge in [-0.25, -0.2) is 0 Å². The summed E-state index contributed by atoms with van der Waals surface area (Å²) in [5, 5.41) is 54.8. The Morgan fingerprint density at radius 3 is 0.966 bits per heavy atom. The Morgan fingerprint density at radius 1 is 0.379 bits per heavy atom. The fourth-order valence-electron chi connectivity index (χ4n) is 12.7. The average molecular weight is 1230 g/mol. The van der Waals surface area contributed by atoms with Gasteiger partial charge in [0.05, 0.1) is 25.4 Å². The molecule has 87 heavy (non-hydrogen) atoms. The van der Waals surface area contributed by atoms with Crippen molar-refractivity contribution in [1.82, 2.24) is 5.32 Å². The number of nitrogens with one attached hydrogen (secondary N) is 1. The van der Waals surface area contributed by atoms with Gasteiger partial charge in [0.2, 0.25) is 5.91 Å². The van der Waals surface area contributed by atoms with Crippen molar-refractivity contribution in [3.05, 3.63) is 36.5 Å². The van der Waals surface area contributed by atoms with Crippen LogP contribution in [0.2, 0.25) is 0 Å². The number of carbonyl (C=O) groups excluding carboxylic acids is 1. The number of rotatable bonds is 69. The lowest BCUT2D eigenvalue weighted by Crippen LogP contribution is -2.60. The van der Waals surface area contributed by atoms with Crippen LogP contribution in [-0.4, -0.2) is 87.5 Å². The SMILES string of the molecule is CCCCCCCCCCCCCCCCCCCCCCCC/C=C/CC/C=C/CC/C=C/C(O)C(COC1OC(CO)C(O)C(O)C1O)NC(=O)CCCCCCCCCCCCCCCCCCCCCCCCCCCCCCCCCC. The van der Waals surface area contributed by atoms with Crippen LogP contribution in [0.15, 0.2) is 36.5 Å². The lowest BCUT2D eigenvalue weighted by atomic mass is 9.99. The van der Waals surface area contributed by atoms with E-state index in [1.807, 2.05) is 6.08 Å². The molecule has 0 aromatic carbocycles. The van der Waals surface area contributed by atoms with Crippen LogP contribution in [0, 0.1) is 0 Å². The molecule has 0 aromatic heterocycles. The zero-order valence-electron chi connectivity index (χ0n) is 57.8. The number of unbranched alkanes of at least 4 members (excludes halogenated alkanes) is 55.